The molecule has 0 atom stereocenters. The number of nitrogens with one attached hydrogen (secondary N) is 1. The van der Waals surface area contributed by atoms with E-state index < -0.39 is 10.0 Å². The first-order valence-electron chi connectivity index (χ1n) is 5.62. The number of methoxy groups -OCH3 is 1. The lowest BCUT2D eigenvalue weighted by Crippen LogP contribution is -2.41. The smallest absolute Gasteiger partial charge is 0.235 e. The van der Waals surface area contributed by atoms with Gasteiger partial charge in [-0.25, -0.2) is 8.42 Å². The largest absolute Gasteiger partial charge is 0.383 e. The second-order valence-electron chi connectivity index (χ2n) is 3.79. The maximum absolute atomic E-state index is 11.5. The van der Waals surface area contributed by atoms with E-state index in [1.165, 1.54) is 11.4 Å². The van der Waals surface area contributed by atoms with Crippen LogP contribution in [0.4, 0.5) is 0 Å². The Balaban J connectivity index is 4.19. The maximum Gasteiger partial charge on any atom is 0.235 e. The topological polar surface area (TPSA) is 75.7 Å². The summed E-state index contributed by atoms with van der Waals surface area (Å²) in [6, 6.07) is 0. The number of hydrogen-bond donors (Lipinski definition) is 1. The van der Waals surface area contributed by atoms with Gasteiger partial charge < -0.3 is 10.1 Å². The number of unbranched alkanes of at least 4 members (excludes halogenated alkanes) is 1. The molecule has 0 aromatic carbocycles. The van der Waals surface area contributed by atoms with Crippen molar-refractivity contribution in [3.05, 3.63) is 0 Å². The normalized spacial score (nSPS) is 11.8. The number of hydrogen-bond acceptors (Lipinski definition) is 4. The van der Waals surface area contributed by atoms with Crippen LogP contribution in [0, 0.1) is 0 Å². The third-order valence-corrected chi connectivity index (χ3v) is 3.43. The predicted molar refractivity (Wildman–Crippen MR) is 66.2 cm³/mol. The molecule has 0 saturated heterocycles. The van der Waals surface area contributed by atoms with E-state index in [1.807, 2.05) is 6.92 Å². The molecule has 6 nitrogen and oxygen atoms in total. The fourth-order valence-electron chi connectivity index (χ4n) is 1.21. The van der Waals surface area contributed by atoms with Gasteiger partial charge in [0, 0.05) is 20.2 Å². The number of ether oxygens (including phenoxy) is 1. The second kappa shape index (κ2) is 8.43. The average Bonchev–Trinajstić information content (AvgIpc) is 2.23. The SMILES string of the molecule is CCCCN(CC(=O)NCCOC)S(C)(=O)=O. The molecule has 1 amide bonds. The van der Waals surface area contributed by atoms with Gasteiger partial charge in [-0.3, -0.25) is 4.79 Å². The lowest BCUT2D eigenvalue weighted by Gasteiger charge is -2.18. The molecule has 0 aliphatic carbocycles. The van der Waals surface area contributed by atoms with Crippen LogP contribution in [0.2, 0.25) is 0 Å². The van der Waals surface area contributed by atoms with E-state index in [1.54, 1.807) is 0 Å². The van der Waals surface area contributed by atoms with Gasteiger partial charge in [-0.2, -0.15) is 4.31 Å². The Hall–Kier alpha value is -0.660. The molecule has 0 heterocycles. The molecule has 0 unspecified atom stereocenters. The first-order chi connectivity index (χ1) is 7.91. The number of nitrogens with zero attached hydrogens (tertiary/aromatic N) is 1. The summed E-state index contributed by atoms with van der Waals surface area (Å²) in [5.41, 5.74) is 0. The highest BCUT2D eigenvalue weighted by atomic mass is 32.2. The van der Waals surface area contributed by atoms with Crippen molar-refractivity contribution >= 4 is 15.9 Å². The maximum atomic E-state index is 11.5. The Morgan fingerprint density at radius 1 is 1.41 bits per heavy atom. The first-order valence-corrected chi connectivity index (χ1v) is 7.47. The summed E-state index contributed by atoms with van der Waals surface area (Å²) >= 11 is 0. The average molecular weight is 266 g/mol. The third-order valence-electron chi connectivity index (χ3n) is 2.18. The van der Waals surface area contributed by atoms with Gasteiger partial charge in [0.05, 0.1) is 19.4 Å². The number of carbonyl (C=O) groups is 1. The van der Waals surface area contributed by atoms with E-state index in [0.29, 0.717) is 19.7 Å². The van der Waals surface area contributed by atoms with Crippen molar-refractivity contribution in [2.24, 2.45) is 0 Å². The van der Waals surface area contributed by atoms with Crippen LogP contribution in [0.15, 0.2) is 0 Å². The number of amides is 1. The van der Waals surface area contributed by atoms with Crippen LogP contribution in [-0.4, -0.2) is 58.2 Å². The van der Waals surface area contributed by atoms with Gasteiger partial charge in [-0.1, -0.05) is 13.3 Å². The van der Waals surface area contributed by atoms with Crippen molar-refractivity contribution in [2.75, 3.05) is 39.6 Å². The molecule has 0 aliphatic heterocycles. The molecule has 0 bridgehead atoms. The van der Waals surface area contributed by atoms with Crippen LogP contribution < -0.4 is 5.32 Å². The highest BCUT2D eigenvalue weighted by Crippen LogP contribution is 2.00. The van der Waals surface area contributed by atoms with Crippen LogP contribution in [-0.2, 0) is 19.6 Å². The molecule has 0 fully saturated rings. The third kappa shape index (κ3) is 8.12. The van der Waals surface area contributed by atoms with Crippen LogP contribution in [0.3, 0.4) is 0 Å². The van der Waals surface area contributed by atoms with E-state index in [4.69, 9.17) is 4.74 Å². The van der Waals surface area contributed by atoms with Gasteiger partial charge in [0.1, 0.15) is 0 Å². The van der Waals surface area contributed by atoms with Gasteiger partial charge >= 0.3 is 0 Å². The molecule has 102 valence electrons. The zero-order valence-corrected chi connectivity index (χ0v) is 11.5. The van der Waals surface area contributed by atoms with Crippen molar-refractivity contribution in [3.8, 4) is 0 Å². The summed E-state index contributed by atoms with van der Waals surface area (Å²) in [6.45, 7) is 3.04. The molecule has 0 rings (SSSR count). The van der Waals surface area contributed by atoms with Crippen molar-refractivity contribution in [2.45, 2.75) is 19.8 Å². The van der Waals surface area contributed by atoms with Gasteiger partial charge in [0.15, 0.2) is 0 Å². The second-order valence-corrected chi connectivity index (χ2v) is 5.78. The molecule has 7 heteroatoms. The Kier molecular flexibility index (Phi) is 8.11. The zero-order chi connectivity index (χ0) is 13.3. The molecule has 1 N–H and O–H groups in total. The van der Waals surface area contributed by atoms with Crippen LogP contribution in [0.5, 0.6) is 0 Å². The number of sulfonamides is 1. The van der Waals surface area contributed by atoms with Gasteiger partial charge in [-0.15, -0.1) is 0 Å². The molecular formula is C10H22N2O4S. The van der Waals surface area contributed by atoms with Gasteiger partial charge in [0.25, 0.3) is 0 Å². The fraction of sp³-hybridized carbons (Fsp3) is 0.900. The zero-order valence-electron chi connectivity index (χ0n) is 10.7. The molecule has 0 aromatic rings. The van der Waals surface area contributed by atoms with E-state index in [2.05, 4.69) is 5.32 Å². The van der Waals surface area contributed by atoms with Crippen molar-refractivity contribution in [1.29, 1.82) is 0 Å². The number of carbonyl (C=O) groups excluding carboxylic acids is 1. The molecule has 0 radical (unpaired) electrons. The van der Waals surface area contributed by atoms with Crippen LogP contribution in [0.25, 0.3) is 0 Å². The Labute approximate surface area is 103 Å². The molecule has 0 aliphatic rings. The Morgan fingerprint density at radius 2 is 2.06 bits per heavy atom. The summed E-state index contributed by atoms with van der Waals surface area (Å²) in [5.74, 6) is -0.302. The lowest BCUT2D eigenvalue weighted by atomic mass is 10.3. The highest BCUT2D eigenvalue weighted by molar-refractivity contribution is 7.88. The fourth-order valence-corrected chi connectivity index (χ4v) is 2.02. The van der Waals surface area contributed by atoms with E-state index in [9.17, 15) is 13.2 Å². The monoisotopic (exact) mass is 266 g/mol. The van der Waals surface area contributed by atoms with Crippen LogP contribution >= 0.6 is 0 Å². The Bertz CT molecular complexity index is 316. The summed E-state index contributed by atoms with van der Waals surface area (Å²) in [4.78, 5) is 11.5. The minimum atomic E-state index is -3.32. The lowest BCUT2D eigenvalue weighted by molar-refractivity contribution is -0.121. The quantitative estimate of drug-likeness (QED) is 0.587. The standard InChI is InChI=1S/C10H22N2O4S/c1-4-5-7-12(17(3,14)15)9-10(13)11-6-8-16-2/h4-9H2,1-3H3,(H,11,13). The molecule has 0 saturated carbocycles. The van der Waals surface area contributed by atoms with E-state index in [0.717, 1.165) is 19.1 Å². The summed E-state index contributed by atoms with van der Waals surface area (Å²) in [7, 11) is -1.78. The van der Waals surface area contributed by atoms with Gasteiger partial charge in [0.2, 0.25) is 15.9 Å². The minimum absolute atomic E-state index is 0.122. The van der Waals surface area contributed by atoms with Crippen molar-refractivity contribution < 1.29 is 17.9 Å². The van der Waals surface area contributed by atoms with Crippen molar-refractivity contribution in [3.63, 3.8) is 0 Å². The van der Waals surface area contributed by atoms with Crippen LogP contribution in [0.1, 0.15) is 19.8 Å². The predicted octanol–water partition coefficient (Wildman–Crippen LogP) is -0.189. The minimum Gasteiger partial charge on any atom is -0.383 e. The molecule has 17 heavy (non-hydrogen) atoms. The molecule has 0 aromatic heterocycles. The summed E-state index contributed by atoms with van der Waals surface area (Å²) in [5, 5.41) is 2.59. The van der Waals surface area contributed by atoms with E-state index >= 15 is 0 Å². The summed E-state index contributed by atoms with van der Waals surface area (Å²) in [6.07, 6.45) is 2.75. The highest BCUT2D eigenvalue weighted by Gasteiger charge is 2.18. The molecular weight excluding hydrogens is 244 g/mol. The first kappa shape index (κ1) is 16.3. The van der Waals surface area contributed by atoms with E-state index in [-0.39, 0.29) is 12.5 Å². The summed E-state index contributed by atoms with van der Waals surface area (Å²) < 4.78 is 28.8. The number of rotatable bonds is 9. The molecule has 0 spiro atoms. The Morgan fingerprint density at radius 3 is 2.53 bits per heavy atom. The van der Waals surface area contributed by atoms with Gasteiger partial charge in [-0.05, 0) is 6.42 Å². The van der Waals surface area contributed by atoms with Crippen molar-refractivity contribution in [1.82, 2.24) is 9.62 Å².